The van der Waals surface area contributed by atoms with Gasteiger partial charge in [0.2, 0.25) is 10.0 Å². The lowest BCUT2D eigenvalue weighted by molar-refractivity contribution is 0.0730. The summed E-state index contributed by atoms with van der Waals surface area (Å²) in [5.41, 5.74) is 5.81. The molecule has 0 aliphatic carbocycles. The van der Waals surface area contributed by atoms with Gasteiger partial charge in [0.1, 0.15) is 0 Å². The van der Waals surface area contributed by atoms with Crippen LogP contribution in [0.15, 0.2) is 53.4 Å². The number of hydrazine groups is 1. The van der Waals surface area contributed by atoms with Crippen molar-refractivity contribution in [1.82, 2.24) is 15.2 Å². The summed E-state index contributed by atoms with van der Waals surface area (Å²) >= 11 is 0. The van der Waals surface area contributed by atoms with E-state index in [2.05, 4.69) is 10.9 Å². The van der Waals surface area contributed by atoms with Gasteiger partial charge in [0, 0.05) is 24.2 Å². The first-order valence-electron chi connectivity index (χ1n) is 8.74. The Morgan fingerprint density at radius 3 is 2.29 bits per heavy atom. The third-order valence-electron chi connectivity index (χ3n) is 4.39. The average Bonchev–Trinajstić information content (AvgIpc) is 2.73. The van der Waals surface area contributed by atoms with Crippen LogP contribution >= 0.6 is 0 Å². The fourth-order valence-corrected chi connectivity index (χ4v) is 4.22. The van der Waals surface area contributed by atoms with Crippen LogP contribution in [0, 0.1) is 6.92 Å². The zero-order chi connectivity index (χ0) is 20.1. The van der Waals surface area contributed by atoms with E-state index in [1.807, 2.05) is 0 Å². The number of aryl methyl sites for hydroxylation is 1. The number of sulfonamides is 1. The predicted molar refractivity (Wildman–Crippen MR) is 102 cm³/mol. The normalized spacial score (nSPS) is 15.0. The Morgan fingerprint density at radius 2 is 1.61 bits per heavy atom. The molecule has 0 radical (unpaired) electrons. The molecule has 0 bridgehead atoms. The van der Waals surface area contributed by atoms with Crippen molar-refractivity contribution in [2.75, 3.05) is 26.3 Å². The number of nitrogens with zero attached hydrogens (tertiary/aromatic N) is 1. The summed E-state index contributed by atoms with van der Waals surface area (Å²) < 4.78 is 32.1. The van der Waals surface area contributed by atoms with Crippen LogP contribution in [0.25, 0.3) is 0 Å². The fourth-order valence-electron chi connectivity index (χ4n) is 2.78. The Labute approximate surface area is 163 Å². The van der Waals surface area contributed by atoms with Gasteiger partial charge in [-0.05, 0) is 36.8 Å². The molecule has 0 atom stereocenters. The first kappa shape index (κ1) is 20.0. The first-order valence-corrected chi connectivity index (χ1v) is 10.2. The number of ether oxygens (including phenoxy) is 1. The monoisotopic (exact) mass is 403 g/mol. The lowest BCUT2D eigenvalue weighted by Crippen LogP contribution is -2.42. The molecule has 1 saturated heterocycles. The molecule has 9 heteroatoms. The number of nitrogens with one attached hydrogen (secondary N) is 2. The standard InChI is InChI=1S/C19H21N3O5S/c1-14-7-8-16(28(25,26)22-9-11-27-12-10-22)13-17(14)19(24)21-20-18(23)15-5-3-2-4-6-15/h2-8,13H,9-12H2,1H3,(H,20,23)(H,21,24). The minimum Gasteiger partial charge on any atom is -0.379 e. The van der Waals surface area contributed by atoms with Crippen molar-refractivity contribution in [1.29, 1.82) is 0 Å². The maximum atomic E-state index is 12.8. The van der Waals surface area contributed by atoms with E-state index in [0.29, 0.717) is 24.3 Å². The van der Waals surface area contributed by atoms with Gasteiger partial charge >= 0.3 is 0 Å². The van der Waals surface area contributed by atoms with Gasteiger partial charge in [-0.1, -0.05) is 24.3 Å². The highest BCUT2D eigenvalue weighted by Crippen LogP contribution is 2.20. The molecule has 2 aromatic carbocycles. The summed E-state index contributed by atoms with van der Waals surface area (Å²) in [5.74, 6) is -1.07. The van der Waals surface area contributed by atoms with Crippen LogP contribution < -0.4 is 10.9 Å². The predicted octanol–water partition coefficient (Wildman–Crippen LogP) is 1.09. The van der Waals surface area contributed by atoms with Gasteiger partial charge in [0.15, 0.2) is 0 Å². The molecule has 0 spiro atoms. The molecule has 0 aromatic heterocycles. The number of hydrogen-bond acceptors (Lipinski definition) is 5. The Hall–Kier alpha value is -2.75. The van der Waals surface area contributed by atoms with Gasteiger partial charge in [0.05, 0.1) is 18.1 Å². The van der Waals surface area contributed by atoms with E-state index in [1.165, 1.54) is 16.4 Å². The molecule has 2 N–H and O–H groups in total. The number of hydrogen-bond donors (Lipinski definition) is 2. The van der Waals surface area contributed by atoms with Crippen LogP contribution in [0.1, 0.15) is 26.3 Å². The number of amides is 2. The van der Waals surface area contributed by atoms with Gasteiger partial charge in [-0.3, -0.25) is 20.4 Å². The topological polar surface area (TPSA) is 105 Å². The van der Waals surface area contributed by atoms with Crippen LogP contribution in [0.2, 0.25) is 0 Å². The Morgan fingerprint density at radius 1 is 0.964 bits per heavy atom. The second-order valence-corrected chi connectivity index (χ2v) is 8.21. The second-order valence-electron chi connectivity index (χ2n) is 6.27. The molecule has 0 saturated carbocycles. The Balaban J connectivity index is 1.75. The zero-order valence-electron chi connectivity index (χ0n) is 15.3. The molecule has 1 aliphatic rings. The van der Waals surface area contributed by atoms with Crippen molar-refractivity contribution >= 4 is 21.8 Å². The van der Waals surface area contributed by atoms with Gasteiger partial charge < -0.3 is 4.74 Å². The average molecular weight is 403 g/mol. The lowest BCUT2D eigenvalue weighted by Gasteiger charge is -2.26. The highest BCUT2D eigenvalue weighted by atomic mass is 32.2. The van der Waals surface area contributed by atoms with Crippen LogP contribution in [0.4, 0.5) is 0 Å². The lowest BCUT2D eigenvalue weighted by atomic mass is 10.1. The first-order chi connectivity index (χ1) is 13.4. The number of morpholine rings is 1. The molecule has 1 heterocycles. The van der Waals surface area contributed by atoms with Crippen molar-refractivity contribution < 1.29 is 22.7 Å². The fraction of sp³-hybridized carbons (Fsp3) is 0.263. The Bertz CT molecular complexity index is 970. The zero-order valence-corrected chi connectivity index (χ0v) is 16.2. The summed E-state index contributed by atoms with van der Waals surface area (Å²) in [4.78, 5) is 24.6. The highest BCUT2D eigenvalue weighted by Gasteiger charge is 2.27. The van der Waals surface area contributed by atoms with E-state index < -0.39 is 21.8 Å². The largest absolute Gasteiger partial charge is 0.379 e. The highest BCUT2D eigenvalue weighted by molar-refractivity contribution is 7.89. The molecule has 1 fully saturated rings. The van der Waals surface area contributed by atoms with E-state index in [1.54, 1.807) is 43.3 Å². The number of carbonyl (C=O) groups excluding carboxylic acids is 2. The van der Waals surface area contributed by atoms with E-state index in [4.69, 9.17) is 4.74 Å². The molecule has 8 nitrogen and oxygen atoms in total. The third kappa shape index (κ3) is 4.38. The summed E-state index contributed by atoms with van der Waals surface area (Å²) in [6, 6.07) is 12.8. The Kier molecular flexibility index (Phi) is 6.08. The van der Waals surface area contributed by atoms with Gasteiger partial charge in [0.25, 0.3) is 11.8 Å². The quantitative estimate of drug-likeness (QED) is 0.744. The van der Waals surface area contributed by atoms with Crippen molar-refractivity contribution in [3.63, 3.8) is 0 Å². The van der Waals surface area contributed by atoms with Crippen LogP contribution in [0.5, 0.6) is 0 Å². The van der Waals surface area contributed by atoms with Crippen LogP contribution in [0.3, 0.4) is 0 Å². The van der Waals surface area contributed by atoms with E-state index in [0.717, 1.165) is 0 Å². The number of benzene rings is 2. The van der Waals surface area contributed by atoms with Crippen molar-refractivity contribution in [2.24, 2.45) is 0 Å². The number of rotatable bonds is 4. The van der Waals surface area contributed by atoms with Crippen molar-refractivity contribution in [2.45, 2.75) is 11.8 Å². The molecule has 3 rings (SSSR count). The second kappa shape index (κ2) is 8.51. The maximum absolute atomic E-state index is 12.8. The van der Waals surface area contributed by atoms with Crippen LogP contribution in [-0.2, 0) is 14.8 Å². The summed E-state index contributed by atoms with van der Waals surface area (Å²) in [6.07, 6.45) is 0. The SMILES string of the molecule is Cc1ccc(S(=O)(=O)N2CCOCC2)cc1C(=O)NNC(=O)c1ccccc1. The molecule has 0 unspecified atom stereocenters. The molecule has 28 heavy (non-hydrogen) atoms. The summed E-state index contributed by atoms with van der Waals surface area (Å²) in [7, 11) is -3.72. The summed E-state index contributed by atoms with van der Waals surface area (Å²) in [6.45, 7) is 2.91. The molecule has 2 aromatic rings. The molecule has 148 valence electrons. The van der Waals surface area contributed by atoms with Gasteiger partial charge in [-0.2, -0.15) is 4.31 Å². The molecule has 2 amide bonds. The molecule has 1 aliphatic heterocycles. The minimum atomic E-state index is -3.72. The molecular formula is C19H21N3O5S. The summed E-state index contributed by atoms with van der Waals surface area (Å²) in [5, 5.41) is 0. The smallest absolute Gasteiger partial charge is 0.270 e. The van der Waals surface area contributed by atoms with Crippen molar-refractivity contribution in [3.05, 3.63) is 65.2 Å². The number of carbonyl (C=O) groups is 2. The van der Waals surface area contributed by atoms with E-state index >= 15 is 0 Å². The maximum Gasteiger partial charge on any atom is 0.270 e. The third-order valence-corrected chi connectivity index (χ3v) is 6.28. The molecular weight excluding hydrogens is 382 g/mol. The van der Waals surface area contributed by atoms with Gasteiger partial charge in [-0.15, -0.1) is 0 Å². The van der Waals surface area contributed by atoms with E-state index in [-0.39, 0.29) is 23.5 Å². The minimum absolute atomic E-state index is 0.0273. The van der Waals surface area contributed by atoms with E-state index in [9.17, 15) is 18.0 Å². The van der Waals surface area contributed by atoms with Gasteiger partial charge in [-0.25, -0.2) is 8.42 Å². The van der Waals surface area contributed by atoms with Crippen LogP contribution in [-0.4, -0.2) is 50.8 Å². The van der Waals surface area contributed by atoms with Crippen molar-refractivity contribution in [3.8, 4) is 0 Å².